The number of nitrogens with one attached hydrogen (secondary N) is 1. The standard InChI is InChI=1S/C16H28N2/c1-5-17-11-13-18(4)12-10-15-6-8-16(9-7-15)14(2)3/h6-9,14,17H,5,10-13H2,1-4H3. The van der Waals surface area contributed by atoms with Crippen LogP contribution in [-0.2, 0) is 6.42 Å². The molecule has 1 aromatic carbocycles. The van der Waals surface area contributed by atoms with Crippen molar-refractivity contribution in [1.29, 1.82) is 0 Å². The molecule has 0 amide bonds. The van der Waals surface area contributed by atoms with Crippen molar-refractivity contribution in [3.63, 3.8) is 0 Å². The summed E-state index contributed by atoms with van der Waals surface area (Å²) in [6, 6.07) is 9.07. The fraction of sp³-hybridized carbons (Fsp3) is 0.625. The van der Waals surface area contributed by atoms with Crippen LogP contribution in [0.1, 0.15) is 37.8 Å². The summed E-state index contributed by atoms with van der Waals surface area (Å²) in [5.74, 6) is 0.627. The van der Waals surface area contributed by atoms with Crippen molar-refractivity contribution >= 4 is 0 Å². The average molecular weight is 248 g/mol. The molecule has 0 aliphatic heterocycles. The van der Waals surface area contributed by atoms with Gasteiger partial charge in [-0.3, -0.25) is 0 Å². The van der Waals surface area contributed by atoms with Gasteiger partial charge in [-0.1, -0.05) is 45.0 Å². The molecule has 2 heteroatoms. The Kier molecular flexibility index (Phi) is 6.99. The maximum atomic E-state index is 3.36. The number of likely N-dealkylation sites (N-methyl/N-ethyl adjacent to an activating group) is 2. The van der Waals surface area contributed by atoms with Crippen LogP contribution >= 0.6 is 0 Å². The fourth-order valence-corrected chi connectivity index (χ4v) is 1.95. The predicted octanol–water partition coefficient (Wildman–Crippen LogP) is 2.89. The van der Waals surface area contributed by atoms with Crippen molar-refractivity contribution in [3.05, 3.63) is 35.4 Å². The van der Waals surface area contributed by atoms with E-state index in [9.17, 15) is 0 Å². The van der Waals surface area contributed by atoms with Crippen LogP contribution in [-0.4, -0.2) is 38.1 Å². The van der Waals surface area contributed by atoms with Crippen molar-refractivity contribution in [1.82, 2.24) is 10.2 Å². The van der Waals surface area contributed by atoms with E-state index in [2.05, 4.69) is 62.3 Å². The Morgan fingerprint density at radius 2 is 1.78 bits per heavy atom. The van der Waals surface area contributed by atoms with E-state index in [1.807, 2.05) is 0 Å². The molecule has 102 valence electrons. The van der Waals surface area contributed by atoms with Gasteiger partial charge in [-0.25, -0.2) is 0 Å². The molecule has 0 fully saturated rings. The van der Waals surface area contributed by atoms with Gasteiger partial charge < -0.3 is 10.2 Å². The zero-order valence-corrected chi connectivity index (χ0v) is 12.4. The molecule has 1 rings (SSSR count). The zero-order valence-electron chi connectivity index (χ0n) is 12.4. The van der Waals surface area contributed by atoms with E-state index in [1.54, 1.807) is 0 Å². The number of hydrogen-bond donors (Lipinski definition) is 1. The van der Waals surface area contributed by atoms with E-state index in [0.717, 1.165) is 32.6 Å². The minimum atomic E-state index is 0.627. The third kappa shape index (κ3) is 5.65. The minimum Gasteiger partial charge on any atom is -0.316 e. The van der Waals surface area contributed by atoms with Crippen LogP contribution in [0.2, 0.25) is 0 Å². The fourth-order valence-electron chi connectivity index (χ4n) is 1.95. The molecule has 0 aliphatic rings. The first kappa shape index (κ1) is 15.2. The molecule has 18 heavy (non-hydrogen) atoms. The molecule has 0 unspecified atom stereocenters. The molecule has 0 spiro atoms. The van der Waals surface area contributed by atoms with Gasteiger partial charge >= 0.3 is 0 Å². The summed E-state index contributed by atoms with van der Waals surface area (Å²) in [6.07, 6.45) is 1.14. The molecule has 0 radical (unpaired) electrons. The second kappa shape index (κ2) is 8.28. The monoisotopic (exact) mass is 248 g/mol. The molecule has 0 heterocycles. The summed E-state index contributed by atoms with van der Waals surface area (Å²) in [7, 11) is 2.19. The van der Waals surface area contributed by atoms with Crippen molar-refractivity contribution in [2.24, 2.45) is 0 Å². The van der Waals surface area contributed by atoms with Gasteiger partial charge in [-0.05, 0) is 37.1 Å². The Bertz CT molecular complexity index is 316. The summed E-state index contributed by atoms with van der Waals surface area (Å²) in [5.41, 5.74) is 2.87. The van der Waals surface area contributed by atoms with E-state index in [0.29, 0.717) is 5.92 Å². The highest BCUT2D eigenvalue weighted by Crippen LogP contribution is 2.14. The Labute approximate surface area is 112 Å². The van der Waals surface area contributed by atoms with E-state index in [4.69, 9.17) is 0 Å². The average Bonchev–Trinajstić information content (AvgIpc) is 2.37. The summed E-state index contributed by atoms with van der Waals surface area (Å²) >= 11 is 0. The quantitative estimate of drug-likeness (QED) is 0.712. The predicted molar refractivity (Wildman–Crippen MR) is 80.3 cm³/mol. The van der Waals surface area contributed by atoms with Crippen molar-refractivity contribution in [2.45, 2.75) is 33.1 Å². The van der Waals surface area contributed by atoms with Gasteiger partial charge in [0.25, 0.3) is 0 Å². The van der Waals surface area contributed by atoms with Crippen molar-refractivity contribution in [3.8, 4) is 0 Å². The normalized spacial score (nSPS) is 11.4. The van der Waals surface area contributed by atoms with Gasteiger partial charge in [0, 0.05) is 19.6 Å². The highest BCUT2D eigenvalue weighted by molar-refractivity contribution is 5.24. The molecule has 2 nitrogen and oxygen atoms in total. The molecule has 0 atom stereocenters. The molecule has 0 aliphatic carbocycles. The summed E-state index contributed by atoms with van der Waals surface area (Å²) in [4.78, 5) is 2.39. The van der Waals surface area contributed by atoms with Gasteiger partial charge in [0.15, 0.2) is 0 Å². The molecule has 0 saturated heterocycles. The smallest absolute Gasteiger partial charge is 0.0104 e. The molecule has 0 saturated carbocycles. The SMILES string of the molecule is CCNCCN(C)CCc1ccc(C(C)C)cc1. The second-order valence-electron chi connectivity index (χ2n) is 5.30. The Morgan fingerprint density at radius 1 is 1.11 bits per heavy atom. The van der Waals surface area contributed by atoms with E-state index in [-0.39, 0.29) is 0 Å². The number of nitrogens with zero attached hydrogens (tertiary/aromatic N) is 1. The maximum absolute atomic E-state index is 3.36. The van der Waals surface area contributed by atoms with E-state index >= 15 is 0 Å². The summed E-state index contributed by atoms with van der Waals surface area (Å²) in [6.45, 7) is 11.0. The van der Waals surface area contributed by atoms with E-state index < -0.39 is 0 Å². The van der Waals surface area contributed by atoms with Crippen LogP contribution in [0.3, 0.4) is 0 Å². The first-order chi connectivity index (χ1) is 8.63. The Balaban J connectivity index is 2.30. The first-order valence-electron chi connectivity index (χ1n) is 7.11. The third-order valence-electron chi connectivity index (χ3n) is 3.35. The third-order valence-corrected chi connectivity index (χ3v) is 3.35. The number of rotatable bonds is 8. The Hall–Kier alpha value is -0.860. The van der Waals surface area contributed by atoms with Gasteiger partial charge in [0.05, 0.1) is 0 Å². The van der Waals surface area contributed by atoms with Crippen LogP contribution in [0, 0.1) is 0 Å². The van der Waals surface area contributed by atoms with Crippen molar-refractivity contribution < 1.29 is 0 Å². The molecule has 0 aromatic heterocycles. The number of benzene rings is 1. The van der Waals surface area contributed by atoms with Crippen LogP contribution in [0.25, 0.3) is 0 Å². The lowest BCUT2D eigenvalue weighted by Gasteiger charge is -2.16. The molecular weight excluding hydrogens is 220 g/mol. The summed E-state index contributed by atoms with van der Waals surface area (Å²) < 4.78 is 0. The van der Waals surface area contributed by atoms with Crippen LogP contribution in [0.4, 0.5) is 0 Å². The lowest BCUT2D eigenvalue weighted by molar-refractivity contribution is 0.337. The van der Waals surface area contributed by atoms with Crippen molar-refractivity contribution in [2.75, 3.05) is 33.2 Å². The number of hydrogen-bond acceptors (Lipinski definition) is 2. The second-order valence-corrected chi connectivity index (χ2v) is 5.30. The molecular formula is C16H28N2. The van der Waals surface area contributed by atoms with Crippen LogP contribution < -0.4 is 5.32 Å². The van der Waals surface area contributed by atoms with E-state index in [1.165, 1.54) is 11.1 Å². The van der Waals surface area contributed by atoms with Crippen LogP contribution in [0.5, 0.6) is 0 Å². The Morgan fingerprint density at radius 3 is 2.33 bits per heavy atom. The summed E-state index contributed by atoms with van der Waals surface area (Å²) in [5, 5.41) is 3.36. The van der Waals surface area contributed by atoms with Crippen LogP contribution in [0.15, 0.2) is 24.3 Å². The molecule has 0 bridgehead atoms. The lowest BCUT2D eigenvalue weighted by atomic mass is 10.0. The van der Waals surface area contributed by atoms with Gasteiger partial charge in [0.2, 0.25) is 0 Å². The van der Waals surface area contributed by atoms with Gasteiger partial charge in [-0.15, -0.1) is 0 Å². The molecule has 1 aromatic rings. The highest BCUT2D eigenvalue weighted by Gasteiger charge is 2.01. The lowest BCUT2D eigenvalue weighted by Crippen LogP contribution is -2.30. The highest BCUT2D eigenvalue weighted by atomic mass is 15.1. The van der Waals surface area contributed by atoms with Gasteiger partial charge in [0.1, 0.15) is 0 Å². The minimum absolute atomic E-state index is 0.627. The largest absolute Gasteiger partial charge is 0.316 e. The zero-order chi connectivity index (χ0) is 13.4. The maximum Gasteiger partial charge on any atom is 0.0104 e. The molecule has 1 N–H and O–H groups in total. The topological polar surface area (TPSA) is 15.3 Å². The first-order valence-corrected chi connectivity index (χ1v) is 7.11. The van der Waals surface area contributed by atoms with Gasteiger partial charge in [-0.2, -0.15) is 0 Å².